The quantitative estimate of drug-likeness (QED) is 0.592. The second-order valence-corrected chi connectivity index (χ2v) is 10.9. The third-order valence-corrected chi connectivity index (χ3v) is 5.79. The number of fused-ring (bicyclic) bond motifs is 1. The van der Waals surface area contributed by atoms with Crippen LogP contribution >= 0.6 is 0 Å². The van der Waals surface area contributed by atoms with Gasteiger partial charge < -0.3 is 19.5 Å². The van der Waals surface area contributed by atoms with E-state index < -0.39 is 10.0 Å². The van der Waals surface area contributed by atoms with E-state index in [4.69, 9.17) is 4.74 Å². The van der Waals surface area contributed by atoms with Crippen molar-refractivity contribution >= 4 is 38.3 Å². The summed E-state index contributed by atoms with van der Waals surface area (Å²) in [4.78, 5) is 24.7. The number of aromatic nitrogens is 2. The van der Waals surface area contributed by atoms with E-state index in [1.165, 1.54) is 0 Å². The van der Waals surface area contributed by atoms with Crippen molar-refractivity contribution in [1.82, 2.24) is 14.9 Å². The number of carbonyl (C=O) groups is 1. The number of ether oxygens (including phenoxy) is 1. The number of hydrogen-bond acceptors (Lipinski definition) is 6. The molecule has 3 heterocycles. The fourth-order valence-corrected chi connectivity index (χ4v) is 4.40. The van der Waals surface area contributed by atoms with Crippen molar-refractivity contribution in [1.29, 1.82) is 0 Å². The summed E-state index contributed by atoms with van der Waals surface area (Å²) >= 11 is 0. The second kappa shape index (κ2) is 8.58. The van der Waals surface area contributed by atoms with Crippen LogP contribution in [0.5, 0.6) is 5.75 Å². The van der Waals surface area contributed by atoms with E-state index in [-0.39, 0.29) is 11.5 Å². The lowest BCUT2D eigenvalue weighted by atomic mass is 10.2. The van der Waals surface area contributed by atoms with Crippen LogP contribution in [-0.2, 0) is 10.0 Å². The number of amides is 1. The predicted molar refractivity (Wildman–Crippen MR) is 129 cm³/mol. The number of aromatic amines is 1. The molecule has 4 rings (SSSR count). The molecule has 0 unspecified atom stereocenters. The number of H-pyrrole nitrogens is 1. The molecule has 1 aliphatic rings. The zero-order chi connectivity index (χ0) is 23.8. The number of nitrogens with zero attached hydrogens (tertiary/aromatic N) is 3. The highest BCUT2D eigenvalue weighted by molar-refractivity contribution is 7.92. The van der Waals surface area contributed by atoms with Crippen LogP contribution in [0.25, 0.3) is 10.9 Å². The number of rotatable bonds is 5. The molecule has 1 fully saturated rings. The summed E-state index contributed by atoms with van der Waals surface area (Å²) in [7, 11) is -3.37. The molecule has 2 N–H and O–H groups in total. The van der Waals surface area contributed by atoms with Gasteiger partial charge in [-0.05, 0) is 57.2 Å². The Morgan fingerprint density at radius 2 is 1.85 bits per heavy atom. The summed E-state index contributed by atoms with van der Waals surface area (Å²) in [5.74, 6) is 1.44. The van der Waals surface area contributed by atoms with Gasteiger partial charge in [0.05, 0.1) is 6.26 Å². The van der Waals surface area contributed by atoms with E-state index in [1.807, 2.05) is 37.8 Å². The van der Waals surface area contributed by atoms with Crippen molar-refractivity contribution in [3.8, 4) is 5.75 Å². The number of nitrogens with one attached hydrogen (secondary N) is 2. The van der Waals surface area contributed by atoms with Gasteiger partial charge in [0.2, 0.25) is 10.0 Å². The van der Waals surface area contributed by atoms with Gasteiger partial charge in [0, 0.05) is 49.0 Å². The number of anilines is 2. The summed E-state index contributed by atoms with van der Waals surface area (Å²) in [6.07, 6.45) is 2.85. The van der Waals surface area contributed by atoms with Crippen LogP contribution in [0.4, 0.5) is 11.5 Å². The number of piperazine rings is 1. The van der Waals surface area contributed by atoms with Gasteiger partial charge in [0.25, 0.3) is 5.91 Å². The minimum atomic E-state index is -3.37. The van der Waals surface area contributed by atoms with Crippen molar-refractivity contribution in [3.05, 3.63) is 48.3 Å². The van der Waals surface area contributed by atoms with Gasteiger partial charge in [0.15, 0.2) is 11.6 Å². The molecule has 1 aliphatic heterocycles. The number of hydrogen-bond donors (Lipinski definition) is 2. The Morgan fingerprint density at radius 3 is 2.52 bits per heavy atom. The topological polar surface area (TPSA) is 108 Å². The van der Waals surface area contributed by atoms with E-state index >= 15 is 0 Å². The molecule has 1 saturated heterocycles. The molecular weight excluding hydrogens is 442 g/mol. The van der Waals surface area contributed by atoms with Crippen LogP contribution in [-0.4, -0.2) is 67.2 Å². The lowest BCUT2D eigenvalue weighted by molar-refractivity contribution is 0.0741. The Hall–Kier alpha value is -3.27. The van der Waals surface area contributed by atoms with Gasteiger partial charge in [-0.1, -0.05) is 0 Å². The smallest absolute Gasteiger partial charge is 0.270 e. The summed E-state index contributed by atoms with van der Waals surface area (Å²) < 4.78 is 31.5. The molecule has 1 amide bonds. The minimum absolute atomic E-state index is 0.0874. The highest BCUT2D eigenvalue weighted by Gasteiger charge is 2.26. The number of pyridine rings is 1. The maximum Gasteiger partial charge on any atom is 0.270 e. The average molecular weight is 472 g/mol. The molecule has 10 heteroatoms. The Morgan fingerprint density at radius 1 is 1.12 bits per heavy atom. The van der Waals surface area contributed by atoms with Gasteiger partial charge in [-0.15, -0.1) is 0 Å². The van der Waals surface area contributed by atoms with E-state index in [0.717, 1.165) is 28.7 Å². The van der Waals surface area contributed by atoms with Crippen molar-refractivity contribution in [2.24, 2.45) is 0 Å². The molecule has 0 saturated carbocycles. The molecule has 3 aromatic rings. The zero-order valence-electron chi connectivity index (χ0n) is 19.3. The SMILES string of the molecule is CC(C)(C)Oc1cccnc1N1CCN(C(=O)c2cc3cc(NS(C)(=O)=O)ccc3[nH]2)CC1. The lowest BCUT2D eigenvalue weighted by Gasteiger charge is -2.36. The Labute approximate surface area is 193 Å². The van der Waals surface area contributed by atoms with Gasteiger partial charge >= 0.3 is 0 Å². The molecule has 0 radical (unpaired) electrons. The second-order valence-electron chi connectivity index (χ2n) is 9.18. The first-order valence-electron chi connectivity index (χ1n) is 10.8. The van der Waals surface area contributed by atoms with E-state index in [1.54, 1.807) is 30.5 Å². The lowest BCUT2D eigenvalue weighted by Crippen LogP contribution is -2.49. The van der Waals surface area contributed by atoms with Crippen LogP contribution in [0.2, 0.25) is 0 Å². The highest BCUT2D eigenvalue weighted by atomic mass is 32.2. The van der Waals surface area contributed by atoms with Gasteiger partial charge in [-0.3, -0.25) is 9.52 Å². The third-order valence-electron chi connectivity index (χ3n) is 5.19. The summed E-state index contributed by atoms with van der Waals surface area (Å²) in [5.41, 5.74) is 1.38. The number of sulfonamides is 1. The van der Waals surface area contributed by atoms with Crippen LogP contribution < -0.4 is 14.4 Å². The fourth-order valence-electron chi connectivity index (χ4n) is 3.85. The first-order valence-corrected chi connectivity index (χ1v) is 12.7. The number of carbonyl (C=O) groups excluding carboxylic acids is 1. The molecule has 0 atom stereocenters. The van der Waals surface area contributed by atoms with Gasteiger partial charge in [0.1, 0.15) is 11.3 Å². The van der Waals surface area contributed by atoms with Gasteiger partial charge in [-0.25, -0.2) is 13.4 Å². The molecular formula is C23H29N5O4S. The molecule has 33 heavy (non-hydrogen) atoms. The first-order chi connectivity index (χ1) is 15.5. The molecule has 0 bridgehead atoms. The summed E-state index contributed by atoms with van der Waals surface area (Å²) in [6, 6.07) is 10.7. The van der Waals surface area contributed by atoms with Crippen LogP contribution in [0.1, 0.15) is 31.3 Å². The average Bonchev–Trinajstić information content (AvgIpc) is 3.15. The molecule has 0 aliphatic carbocycles. The summed E-state index contributed by atoms with van der Waals surface area (Å²) in [5, 5.41) is 0.767. The van der Waals surface area contributed by atoms with E-state index in [2.05, 4.69) is 19.6 Å². The monoisotopic (exact) mass is 471 g/mol. The fraction of sp³-hybridized carbons (Fsp3) is 0.391. The standard InChI is InChI=1S/C23H29N5O4S/c1-23(2,3)32-20-6-5-9-24-21(20)27-10-12-28(13-11-27)22(29)19-15-16-14-17(26-33(4,30)31)7-8-18(16)25-19/h5-9,14-15,25-26H,10-13H2,1-4H3. The summed E-state index contributed by atoms with van der Waals surface area (Å²) in [6.45, 7) is 8.40. The third kappa shape index (κ3) is 5.57. The maximum absolute atomic E-state index is 13.1. The van der Waals surface area contributed by atoms with Crippen molar-refractivity contribution in [2.45, 2.75) is 26.4 Å². The number of benzene rings is 1. The zero-order valence-corrected chi connectivity index (χ0v) is 20.1. The Balaban J connectivity index is 1.45. The van der Waals surface area contributed by atoms with Crippen molar-refractivity contribution in [2.75, 3.05) is 42.1 Å². The Bertz CT molecular complexity index is 1270. The normalized spacial score (nSPS) is 15.0. The molecule has 0 spiro atoms. The molecule has 176 valence electrons. The molecule has 9 nitrogen and oxygen atoms in total. The Kier molecular flexibility index (Phi) is 5.96. The highest BCUT2D eigenvalue weighted by Crippen LogP contribution is 2.29. The first kappa shape index (κ1) is 22.9. The van der Waals surface area contributed by atoms with Crippen LogP contribution in [0, 0.1) is 0 Å². The van der Waals surface area contributed by atoms with Crippen LogP contribution in [0.15, 0.2) is 42.6 Å². The van der Waals surface area contributed by atoms with Crippen molar-refractivity contribution in [3.63, 3.8) is 0 Å². The molecule has 1 aromatic carbocycles. The van der Waals surface area contributed by atoms with Crippen LogP contribution in [0.3, 0.4) is 0 Å². The van der Waals surface area contributed by atoms with Crippen molar-refractivity contribution < 1.29 is 17.9 Å². The van der Waals surface area contributed by atoms with E-state index in [0.29, 0.717) is 37.6 Å². The maximum atomic E-state index is 13.1. The van der Waals surface area contributed by atoms with E-state index in [9.17, 15) is 13.2 Å². The predicted octanol–water partition coefficient (Wildman–Crippen LogP) is 3.07. The largest absolute Gasteiger partial charge is 0.484 e. The minimum Gasteiger partial charge on any atom is -0.484 e. The molecule has 2 aromatic heterocycles. The van der Waals surface area contributed by atoms with Gasteiger partial charge in [-0.2, -0.15) is 0 Å².